The molecule has 0 atom stereocenters. The maximum absolute atomic E-state index is 10.0. The summed E-state index contributed by atoms with van der Waals surface area (Å²) in [4.78, 5) is 13.6. The number of aromatic nitrogens is 4. The largest absolute Gasteiger partial charge is 0.456 e. The topological polar surface area (TPSA) is 56.7 Å². The fourth-order valence-electron chi connectivity index (χ4n) is 6.82. The van der Waals surface area contributed by atoms with Crippen LogP contribution in [0.2, 0.25) is 0 Å². The third-order valence-electron chi connectivity index (χ3n) is 9.12. The van der Waals surface area contributed by atoms with Crippen molar-refractivity contribution in [2.75, 3.05) is 0 Å². The average molecular weight is 745 g/mol. The molecule has 0 fully saturated rings. The molecular weight excluding hydrogens is 685 g/mol. The van der Waals surface area contributed by atoms with Gasteiger partial charge in [0.2, 0.25) is 5.95 Å². The molecule has 3 aromatic heterocycles. The van der Waals surface area contributed by atoms with Crippen LogP contribution in [-0.4, -0.2) is 19.5 Å². The van der Waals surface area contributed by atoms with Crippen LogP contribution in [0.15, 0.2) is 186 Å². The number of fused-ring (bicyclic) bond motifs is 12. The molecule has 0 bridgehead atoms. The lowest BCUT2D eigenvalue weighted by Gasteiger charge is -2.14. The fourth-order valence-corrected chi connectivity index (χ4v) is 6.82. The molecule has 12 aromatic rings. The first-order chi connectivity index (χ1) is 40.3. The van der Waals surface area contributed by atoms with Crippen molar-refractivity contribution >= 4 is 76.1 Å². The summed E-state index contributed by atoms with van der Waals surface area (Å²) in [7, 11) is 0. The predicted octanol–water partition coefficient (Wildman–Crippen LogP) is 13.3. The van der Waals surface area contributed by atoms with E-state index in [1.165, 1.54) is 0 Å². The zero-order valence-electron chi connectivity index (χ0n) is 57.7. The highest BCUT2D eigenvalue weighted by Crippen LogP contribution is 2.43. The first-order valence-corrected chi connectivity index (χ1v) is 16.4. The number of para-hydroxylation sites is 3. The number of hydrogen-bond acceptors (Lipinski definition) is 4. The summed E-state index contributed by atoms with van der Waals surface area (Å²) in [6.07, 6.45) is 0. The SMILES string of the molecule is [2H]c1c([2H])c([2H])c(-c2nc(-c3c([2H])c([2H])c4c5c([2H])c([2H])c([2H])c([2H])c5c5c([2H])c([2H])c([2H])c([2H])c5c4c3[2H])nc(-n3c4c([2H])c([2H])c([2H])c([2H])c4c4c([2H])c([2H])c([2H])c(-c5c([2H])c([2H])c([2H])c6oc7c([2H])c([2H])c([2H])c([2H])c7c56)c43)n2)c([2H])c1[2H]. The Labute approximate surface area is 362 Å². The van der Waals surface area contributed by atoms with Crippen LogP contribution in [0.1, 0.15) is 41.1 Å². The van der Waals surface area contributed by atoms with Gasteiger partial charge in [0.1, 0.15) is 11.2 Å². The van der Waals surface area contributed by atoms with Crippen LogP contribution in [0.25, 0.3) is 116 Å². The van der Waals surface area contributed by atoms with E-state index in [0.717, 1.165) is 4.57 Å². The van der Waals surface area contributed by atoms with E-state index in [9.17, 15) is 13.7 Å². The number of rotatable bonds is 4. The van der Waals surface area contributed by atoms with Gasteiger partial charge < -0.3 is 4.42 Å². The first kappa shape index (κ1) is 13.6. The van der Waals surface area contributed by atoms with Crippen molar-refractivity contribution in [2.24, 2.45) is 0 Å². The van der Waals surface area contributed by atoms with Crippen LogP contribution in [0.3, 0.4) is 0 Å². The molecule has 0 spiro atoms. The van der Waals surface area contributed by atoms with E-state index in [2.05, 4.69) is 15.0 Å². The molecule has 0 saturated carbocycles. The summed E-state index contributed by atoms with van der Waals surface area (Å²) in [6, 6.07) is -27.6. The van der Waals surface area contributed by atoms with E-state index in [1.807, 2.05) is 0 Å². The molecule has 5 nitrogen and oxygen atoms in total. The highest BCUT2D eigenvalue weighted by Gasteiger charge is 2.22. The summed E-state index contributed by atoms with van der Waals surface area (Å²) in [6.45, 7) is 0. The van der Waals surface area contributed by atoms with Crippen molar-refractivity contribution < 1.29 is 45.5 Å². The second-order valence-corrected chi connectivity index (χ2v) is 12.1. The molecule has 260 valence electrons. The second-order valence-electron chi connectivity index (χ2n) is 12.1. The Kier molecular flexibility index (Phi) is 2.90. The minimum atomic E-state index is -1.05. The Morgan fingerprint density at radius 2 is 0.946 bits per heavy atom. The minimum absolute atomic E-state index is 0.506. The smallest absolute Gasteiger partial charge is 0.238 e. The monoisotopic (exact) mass is 744 g/mol. The molecule has 0 unspecified atom stereocenters. The zero-order valence-corrected chi connectivity index (χ0v) is 27.7. The first-order valence-electron chi connectivity index (χ1n) is 31.4. The van der Waals surface area contributed by atoms with Gasteiger partial charge >= 0.3 is 0 Å². The minimum Gasteiger partial charge on any atom is -0.456 e. The van der Waals surface area contributed by atoms with Crippen LogP contribution in [0.5, 0.6) is 0 Å². The Morgan fingerprint density at radius 3 is 1.71 bits per heavy atom. The fraction of sp³-hybridized carbons (Fsp3) is 0. The number of hydrogen-bond donors (Lipinski definition) is 0. The lowest BCUT2D eigenvalue weighted by molar-refractivity contribution is 0.669. The Bertz CT molecular complexity index is 5240. The highest BCUT2D eigenvalue weighted by molar-refractivity contribution is 6.26. The Balaban J connectivity index is 1.37. The number of nitrogens with zero attached hydrogens (tertiary/aromatic N) is 4. The normalized spacial score (nSPS) is 19.4. The molecule has 0 radical (unpaired) electrons. The Morgan fingerprint density at radius 1 is 0.393 bits per heavy atom. The van der Waals surface area contributed by atoms with Crippen LogP contribution in [-0.2, 0) is 0 Å². The van der Waals surface area contributed by atoms with Gasteiger partial charge in [-0.15, -0.1) is 0 Å². The van der Waals surface area contributed by atoms with Crippen molar-refractivity contribution in [2.45, 2.75) is 0 Å². The third-order valence-corrected chi connectivity index (χ3v) is 9.12. The summed E-state index contributed by atoms with van der Waals surface area (Å²) >= 11 is 0. The van der Waals surface area contributed by atoms with Gasteiger partial charge in [0.25, 0.3) is 0 Å². The van der Waals surface area contributed by atoms with E-state index in [-0.39, 0.29) is 0 Å². The summed E-state index contributed by atoms with van der Waals surface area (Å²) in [5.74, 6) is -2.94. The van der Waals surface area contributed by atoms with Crippen molar-refractivity contribution in [3.63, 3.8) is 0 Å². The van der Waals surface area contributed by atoms with Crippen LogP contribution in [0.4, 0.5) is 0 Å². The molecule has 0 aliphatic carbocycles. The van der Waals surface area contributed by atoms with Crippen molar-refractivity contribution in [1.29, 1.82) is 0 Å². The second kappa shape index (κ2) is 11.9. The van der Waals surface area contributed by atoms with E-state index in [1.54, 1.807) is 0 Å². The molecule has 0 N–H and O–H groups in total. The Hall–Kier alpha value is -7.63. The lowest BCUT2D eigenvalue weighted by Crippen LogP contribution is -2.07. The lowest BCUT2D eigenvalue weighted by atomic mass is 9.93. The molecule has 9 aromatic carbocycles. The molecule has 5 heteroatoms. The quantitative estimate of drug-likeness (QED) is 0.168. The number of furan rings is 1. The van der Waals surface area contributed by atoms with Gasteiger partial charge in [-0.25, -0.2) is 4.98 Å². The molecule has 0 aliphatic rings. The van der Waals surface area contributed by atoms with Crippen molar-refractivity contribution in [3.8, 4) is 39.9 Å². The van der Waals surface area contributed by atoms with E-state index >= 15 is 0 Å². The number of benzene rings is 9. The van der Waals surface area contributed by atoms with Gasteiger partial charge in [-0.3, -0.25) is 4.57 Å². The summed E-state index contributed by atoms with van der Waals surface area (Å²) in [5, 5.41) is -5.73. The van der Waals surface area contributed by atoms with Crippen molar-refractivity contribution in [1.82, 2.24) is 19.5 Å². The van der Waals surface area contributed by atoms with E-state index in [0.29, 0.717) is 0 Å². The van der Waals surface area contributed by atoms with Crippen LogP contribution < -0.4 is 0 Å². The molecule has 12 rings (SSSR count). The summed E-state index contributed by atoms with van der Waals surface area (Å²) < 4.78 is 278. The average Bonchev–Trinajstić information content (AvgIpc) is 1.22. The molecule has 56 heavy (non-hydrogen) atoms. The van der Waals surface area contributed by atoms with Crippen LogP contribution in [0, 0.1) is 0 Å². The highest BCUT2D eigenvalue weighted by atomic mass is 16.3. The van der Waals surface area contributed by atoms with Crippen LogP contribution >= 0.6 is 0 Å². The van der Waals surface area contributed by atoms with E-state index in [4.69, 9.17) is 31.8 Å². The zero-order chi connectivity index (χ0) is 62.9. The molecule has 0 saturated heterocycles. The maximum atomic E-state index is 10.0. The standard InChI is InChI=1S/C51H30N4O/c1-2-14-31(15-3-1)49-52-50(32-28-29-37-35-18-5-4-16-33(35)34-17-6-7-19-36(34)43(37)30-32)54-51(53-49)55-44-25-10-8-20-38(44)40-23-12-24-41(48(40)55)39-22-13-27-46-47(39)42-21-9-11-26-45(42)56-46/h1-30H/i1D,2D,3D,4D,5D,6D,7D,8D,9D,10D,11D,12D,13D,14D,15D,16D,17D,18D,19D,20D,21D,22D,23D,24D,25D,26D,27D,28D,29D,30D. The van der Waals surface area contributed by atoms with Gasteiger partial charge in [0, 0.05) is 38.2 Å². The third kappa shape index (κ3) is 4.52. The summed E-state index contributed by atoms with van der Waals surface area (Å²) in [5.41, 5.74) is -5.88. The molecule has 0 amide bonds. The molecular formula is C51H30N4O. The maximum Gasteiger partial charge on any atom is 0.238 e. The van der Waals surface area contributed by atoms with E-state index < -0.39 is 297 Å². The predicted molar refractivity (Wildman–Crippen MR) is 230 cm³/mol. The molecule has 0 aliphatic heterocycles. The molecule has 3 heterocycles. The van der Waals surface area contributed by atoms with Gasteiger partial charge in [0.05, 0.1) is 52.2 Å². The van der Waals surface area contributed by atoms with Gasteiger partial charge in [-0.05, 0) is 62.1 Å². The van der Waals surface area contributed by atoms with Gasteiger partial charge in [0.15, 0.2) is 11.6 Å². The van der Waals surface area contributed by atoms with Gasteiger partial charge in [-0.1, -0.05) is 157 Å². The van der Waals surface area contributed by atoms with Crippen molar-refractivity contribution in [3.05, 3.63) is 181 Å². The van der Waals surface area contributed by atoms with Gasteiger partial charge in [-0.2, -0.15) is 9.97 Å².